The lowest BCUT2D eigenvalue weighted by Crippen LogP contribution is -2.15. The van der Waals surface area contributed by atoms with Gasteiger partial charge in [0.1, 0.15) is 10.5 Å². The fraction of sp³-hybridized carbons (Fsp3) is 0.0667. The zero-order chi connectivity index (χ0) is 32.0. The normalized spacial score (nSPS) is 13.4. The van der Waals surface area contributed by atoms with Crippen LogP contribution in [0.2, 0.25) is 0 Å². The molecule has 9 aromatic rings. The lowest BCUT2D eigenvalue weighted by Gasteiger charge is -2.24. The van der Waals surface area contributed by atoms with E-state index in [2.05, 4.69) is 164 Å². The van der Waals surface area contributed by atoms with Crippen molar-refractivity contribution in [3.05, 3.63) is 156 Å². The van der Waals surface area contributed by atoms with Crippen LogP contribution in [0.4, 0.5) is 0 Å². The standard InChI is InChI=1S/C45H30N2S/c1-45(2)40-23-33(44-47-46-26-48-44)19-20-34(40)37-24-38-39(25-41(37)45)43(32-18-16-28-10-4-6-12-30(28)22-32)36-14-8-7-13-35(36)42(38)31-17-15-27-9-3-5-11-29(27)21-31/h3-26H,1-2H3. The summed E-state index contributed by atoms with van der Waals surface area (Å²) in [4.78, 5) is 0. The fourth-order valence-corrected chi connectivity index (χ4v) is 8.70. The van der Waals surface area contributed by atoms with Crippen molar-refractivity contribution in [2.75, 3.05) is 0 Å². The zero-order valence-corrected chi connectivity index (χ0v) is 27.5. The van der Waals surface area contributed by atoms with Crippen molar-refractivity contribution >= 4 is 54.4 Å². The highest BCUT2D eigenvalue weighted by molar-refractivity contribution is 7.12. The van der Waals surface area contributed by atoms with Crippen LogP contribution in [0.5, 0.6) is 0 Å². The summed E-state index contributed by atoms with van der Waals surface area (Å²) in [6.45, 7) is 4.74. The van der Waals surface area contributed by atoms with Crippen molar-refractivity contribution in [1.29, 1.82) is 0 Å². The summed E-state index contributed by atoms with van der Waals surface area (Å²) in [6.07, 6.45) is 0. The molecule has 2 nitrogen and oxygen atoms in total. The molecule has 0 fully saturated rings. The van der Waals surface area contributed by atoms with Crippen molar-refractivity contribution in [2.24, 2.45) is 0 Å². The van der Waals surface area contributed by atoms with Gasteiger partial charge in [-0.25, -0.2) is 0 Å². The van der Waals surface area contributed by atoms with E-state index >= 15 is 0 Å². The zero-order valence-electron chi connectivity index (χ0n) is 26.7. The molecular weight excluding hydrogens is 601 g/mol. The van der Waals surface area contributed by atoms with Crippen LogP contribution in [0.15, 0.2) is 145 Å². The van der Waals surface area contributed by atoms with Crippen molar-refractivity contribution in [2.45, 2.75) is 19.3 Å². The second-order valence-corrected chi connectivity index (χ2v) is 14.3. The summed E-state index contributed by atoms with van der Waals surface area (Å²) >= 11 is 1.59. The average molecular weight is 631 g/mol. The highest BCUT2D eigenvalue weighted by atomic mass is 32.1. The first-order valence-corrected chi connectivity index (χ1v) is 17.4. The monoisotopic (exact) mass is 630 g/mol. The first-order valence-electron chi connectivity index (χ1n) is 16.5. The Balaban J connectivity index is 1.34. The number of rotatable bonds is 3. The molecule has 3 heteroatoms. The summed E-state index contributed by atoms with van der Waals surface area (Å²) in [5.74, 6) is 0. The smallest absolute Gasteiger partial charge is 0.147 e. The predicted molar refractivity (Wildman–Crippen MR) is 204 cm³/mol. The van der Waals surface area contributed by atoms with Crippen molar-refractivity contribution < 1.29 is 0 Å². The number of benzene rings is 8. The predicted octanol–water partition coefficient (Wildman–Crippen LogP) is 12.5. The number of aromatic nitrogens is 2. The van der Waals surface area contributed by atoms with Crippen molar-refractivity contribution in [3.63, 3.8) is 0 Å². The molecule has 0 bridgehead atoms. The maximum Gasteiger partial charge on any atom is 0.147 e. The molecule has 0 saturated heterocycles. The molecule has 0 radical (unpaired) electrons. The molecular formula is C45H30N2S. The van der Waals surface area contributed by atoms with Crippen LogP contribution >= 0.6 is 11.3 Å². The molecule has 1 aliphatic carbocycles. The Morgan fingerprint density at radius 2 is 1.00 bits per heavy atom. The average Bonchev–Trinajstić information content (AvgIpc) is 3.74. The second kappa shape index (κ2) is 10.2. The quantitative estimate of drug-likeness (QED) is 0.182. The van der Waals surface area contributed by atoms with Gasteiger partial charge in [-0.3, -0.25) is 0 Å². The molecule has 0 unspecified atom stereocenters. The van der Waals surface area contributed by atoms with E-state index in [4.69, 9.17) is 0 Å². The minimum atomic E-state index is -0.186. The van der Waals surface area contributed by atoms with Gasteiger partial charge in [0.15, 0.2) is 0 Å². The molecule has 0 saturated carbocycles. The maximum absolute atomic E-state index is 4.39. The molecule has 1 aliphatic rings. The van der Waals surface area contributed by atoms with Crippen LogP contribution in [0.3, 0.4) is 0 Å². The van der Waals surface area contributed by atoms with Gasteiger partial charge in [-0.15, -0.1) is 10.2 Å². The van der Waals surface area contributed by atoms with E-state index in [-0.39, 0.29) is 5.41 Å². The van der Waals surface area contributed by atoms with Crippen LogP contribution < -0.4 is 0 Å². The van der Waals surface area contributed by atoms with Gasteiger partial charge in [-0.1, -0.05) is 134 Å². The van der Waals surface area contributed by atoms with Crippen LogP contribution in [0, 0.1) is 0 Å². The summed E-state index contributed by atoms with van der Waals surface area (Å²) in [5.41, 5.74) is 13.1. The Morgan fingerprint density at radius 1 is 0.458 bits per heavy atom. The maximum atomic E-state index is 4.39. The third-order valence-corrected chi connectivity index (χ3v) is 11.2. The Kier molecular flexibility index (Phi) is 5.82. The number of hydrogen-bond acceptors (Lipinski definition) is 3. The molecule has 0 N–H and O–H groups in total. The molecule has 10 rings (SSSR count). The van der Waals surface area contributed by atoms with Gasteiger partial charge in [0.25, 0.3) is 0 Å². The fourth-order valence-electron chi connectivity index (χ4n) is 8.15. The Bertz CT molecular complexity index is 2760. The summed E-state index contributed by atoms with van der Waals surface area (Å²) < 4.78 is 0. The summed E-state index contributed by atoms with van der Waals surface area (Å²) in [6, 6.07) is 52.0. The van der Waals surface area contributed by atoms with E-state index < -0.39 is 0 Å². The van der Waals surface area contributed by atoms with E-state index in [0.29, 0.717) is 0 Å². The third-order valence-electron chi connectivity index (χ3n) is 10.5. The minimum Gasteiger partial charge on any atom is -0.147 e. The first kappa shape index (κ1) is 27.5. The van der Waals surface area contributed by atoms with Crippen LogP contribution in [0.25, 0.3) is 87.0 Å². The van der Waals surface area contributed by atoms with Gasteiger partial charge in [0.05, 0.1) is 0 Å². The van der Waals surface area contributed by atoms with E-state index in [1.807, 2.05) is 5.51 Å². The molecule has 1 aromatic heterocycles. The number of fused-ring (bicyclic) bond motifs is 7. The molecule has 226 valence electrons. The third kappa shape index (κ3) is 3.98. The highest BCUT2D eigenvalue weighted by Crippen LogP contribution is 2.54. The Morgan fingerprint density at radius 3 is 1.60 bits per heavy atom. The van der Waals surface area contributed by atoms with Gasteiger partial charge in [0.2, 0.25) is 0 Å². The number of hydrogen-bond donors (Lipinski definition) is 0. The Labute approximate surface area is 283 Å². The van der Waals surface area contributed by atoms with Crippen molar-refractivity contribution in [3.8, 4) is 44.0 Å². The Hall–Kier alpha value is -5.64. The molecule has 0 amide bonds. The van der Waals surface area contributed by atoms with E-state index in [1.54, 1.807) is 11.3 Å². The van der Waals surface area contributed by atoms with Gasteiger partial charge in [0, 0.05) is 11.0 Å². The highest BCUT2D eigenvalue weighted by Gasteiger charge is 2.37. The first-order chi connectivity index (χ1) is 23.5. The molecule has 0 aliphatic heterocycles. The molecule has 8 aromatic carbocycles. The topological polar surface area (TPSA) is 25.8 Å². The summed E-state index contributed by atoms with van der Waals surface area (Å²) in [5, 5.41) is 19.6. The van der Waals surface area contributed by atoms with E-state index in [1.165, 1.54) is 87.6 Å². The van der Waals surface area contributed by atoms with Gasteiger partial charge in [-0.2, -0.15) is 0 Å². The number of nitrogens with zero attached hydrogens (tertiary/aromatic N) is 2. The second-order valence-electron chi connectivity index (χ2n) is 13.5. The van der Waals surface area contributed by atoms with Gasteiger partial charge >= 0.3 is 0 Å². The van der Waals surface area contributed by atoms with Crippen LogP contribution in [-0.4, -0.2) is 10.2 Å². The molecule has 0 spiro atoms. The van der Waals surface area contributed by atoms with E-state index in [9.17, 15) is 0 Å². The lowest BCUT2D eigenvalue weighted by molar-refractivity contribution is 0.661. The largest absolute Gasteiger partial charge is 0.147 e. The van der Waals surface area contributed by atoms with Crippen LogP contribution in [-0.2, 0) is 5.41 Å². The lowest BCUT2D eigenvalue weighted by atomic mass is 9.79. The molecule has 48 heavy (non-hydrogen) atoms. The molecule has 1 heterocycles. The minimum absolute atomic E-state index is 0.186. The van der Waals surface area contributed by atoms with Crippen molar-refractivity contribution in [1.82, 2.24) is 10.2 Å². The summed E-state index contributed by atoms with van der Waals surface area (Å²) in [7, 11) is 0. The SMILES string of the molecule is CC1(C)c2cc(-c3nncs3)ccc2-c2cc3c(-c4ccc5ccccc5c4)c4ccccc4c(-c4ccc5ccccc5c4)c3cc21. The van der Waals surface area contributed by atoms with Gasteiger partial charge in [-0.05, 0) is 118 Å². The molecule has 0 atom stereocenters. The van der Waals surface area contributed by atoms with Crippen LogP contribution in [0.1, 0.15) is 25.0 Å². The van der Waals surface area contributed by atoms with E-state index in [0.717, 1.165) is 10.6 Å². The van der Waals surface area contributed by atoms with Gasteiger partial charge < -0.3 is 0 Å².